The van der Waals surface area contributed by atoms with E-state index in [0.717, 1.165) is 18.5 Å². The van der Waals surface area contributed by atoms with Crippen molar-refractivity contribution in [2.45, 2.75) is 18.4 Å². The van der Waals surface area contributed by atoms with Crippen LogP contribution in [0.2, 0.25) is 0 Å². The minimum absolute atomic E-state index is 0.117. The molecule has 3 aromatic rings. The van der Waals surface area contributed by atoms with Crippen molar-refractivity contribution >= 4 is 22.4 Å². The van der Waals surface area contributed by atoms with Gasteiger partial charge in [0.15, 0.2) is 0 Å². The number of carbonyl (C=O) groups is 1. The maximum atomic E-state index is 12.8. The molecule has 1 amide bonds. The minimum atomic E-state index is -0.270. The SMILES string of the molecule is CN(C)c1ccnc(C(=O)NC2(c3cccc4ccccc34)CC2)c1. The van der Waals surface area contributed by atoms with Gasteiger partial charge >= 0.3 is 0 Å². The van der Waals surface area contributed by atoms with E-state index in [4.69, 9.17) is 0 Å². The third kappa shape index (κ3) is 2.84. The maximum absolute atomic E-state index is 12.8. The van der Waals surface area contributed by atoms with Crippen LogP contribution < -0.4 is 10.2 Å². The number of carbonyl (C=O) groups excluding carboxylic acids is 1. The van der Waals surface area contributed by atoms with Gasteiger partial charge in [-0.1, -0.05) is 42.5 Å². The van der Waals surface area contributed by atoms with E-state index in [1.165, 1.54) is 16.3 Å². The van der Waals surface area contributed by atoms with Crippen molar-refractivity contribution < 1.29 is 4.79 Å². The van der Waals surface area contributed by atoms with Gasteiger partial charge in [0.25, 0.3) is 5.91 Å². The molecule has 4 heteroatoms. The summed E-state index contributed by atoms with van der Waals surface area (Å²) in [5.74, 6) is -0.117. The van der Waals surface area contributed by atoms with Gasteiger partial charge < -0.3 is 10.2 Å². The number of hydrogen-bond donors (Lipinski definition) is 1. The van der Waals surface area contributed by atoms with Crippen LogP contribution in [0.4, 0.5) is 5.69 Å². The lowest BCUT2D eigenvalue weighted by Gasteiger charge is -2.20. The molecule has 1 aliphatic rings. The molecule has 0 aliphatic heterocycles. The summed E-state index contributed by atoms with van der Waals surface area (Å²) in [7, 11) is 3.91. The van der Waals surface area contributed by atoms with E-state index in [0.29, 0.717) is 5.69 Å². The van der Waals surface area contributed by atoms with Gasteiger partial charge in [-0.05, 0) is 41.3 Å². The topological polar surface area (TPSA) is 45.2 Å². The van der Waals surface area contributed by atoms with Crippen molar-refractivity contribution in [3.05, 3.63) is 72.1 Å². The molecule has 1 saturated carbocycles. The molecule has 25 heavy (non-hydrogen) atoms. The fourth-order valence-electron chi connectivity index (χ4n) is 3.33. The largest absolute Gasteiger partial charge is 0.378 e. The standard InChI is InChI=1S/C21H21N3O/c1-24(2)16-10-13-22-19(14-16)20(25)23-21(11-12-21)18-9-5-7-15-6-3-4-8-17(15)18/h3-10,13-14H,11-12H2,1-2H3,(H,23,25). The fourth-order valence-corrected chi connectivity index (χ4v) is 3.33. The number of anilines is 1. The molecule has 0 atom stereocenters. The Morgan fingerprint density at radius 3 is 2.60 bits per heavy atom. The Labute approximate surface area is 147 Å². The second-order valence-corrected chi connectivity index (χ2v) is 6.86. The van der Waals surface area contributed by atoms with Gasteiger partial charge in [0.05, 0.1) is 5.54 Å². The van der Waals surface area contributed by atoms with E-state index in [2.05, 4.69) is 40.6 Å². The van der Waals surface area contributed by atoms with Crippen LogP contribution in [0.25, 0.3) is 10.8 Å². The molecule has 4 rings (SSSR count). The molecule has 1 heterocycles. The summed E-state index contributed by atoms with van der Waals surface area (Å²) in [4.78, 5) is 19.0. The predicted molar refractivity (Wildman–Crippen MR) is 101 cm³/mol. The van der Waals surface area contributed by atoms with Crippen molar-refractivity contribution in [1.82, 2.24) is 10.3 Å². The Kier molecular flexibility index (Phi) is 3.68. The van der Waals surface area contributed by atoms with Crippen LogP contribution in [0.15, 0.2) is 60.8 Å². The first-order valence-electron chi connectivity index (χ1n) is 8.53. The first-order valence-corrected chi connectivity index (χ1v) is 8.53. The number of fused-ring (bicyclic) bond motifs is 1. The van der Waals surface area contributed by atoms with Crippen LogP contribution in [0.3, 0.4) is 0 Å². The molecule has 0 spiro atoms. The second kappa shape index (κ2) is 5.88. The first-order chi connectivity index (χ1) is 12.1. The lowest BCUT2D eigenvalue weighted by molar-refractivity contribution is 0.0926. The zero-order valence-electron chi connectivity index (χ0n) is 14.5. The van der Waals surface area contributed by atoms with Gasteiger partial charge in [-0.2, -0.15) is 0 Å². The van der Waals surface area contributed by atoms with Crippen molar-refractivity contribution in [2.75, 3.05) is 19.0 Å². The van der Waals surface area contributed by atoms with E-state index in [9.17, 15) is 4.79 Å². The van der Waals surface area contributed by atoms with Crippen LogP contribution >= 0.6 is 0 Å². The molecule has 1 aliphatic carbocycles. The van der Waals surface area contributed by atoms with E-state index in [-0.39, 0.29) is 11.4 Å². The van der Waals surface area contributed by atoms with Gasteiger partial charge in [0.2, 0.25) is 0 Å². The number of benzene rings is 2. The van der Waals surface area contributed by atoms with Crippen LogP contribution in [0.1, 0.15) is 28.9 Å². The Hall–Kier alpha value is -2.88. The fraction of sp³-hybridized carbons (Fsp3) is 0.238. The second-order valence-electron chi connectivity index (χ2n) is 6.86. The minimum Gasteiger partial charge on any atom is -0.378 e. The van der Waals surface area contributed by atoms with E-state index in [1.807, 2.05) is 43.3 Å². The normalized spacial score (nSPS) is 15.0. The Bertz CT molecular complexity index is 939. The number of pyridine rings is 1. The van der Waals surface area contributed by atoms with Crippen molar-refractivity contribution in [1.29, 1.82) is 0 Å². The summed E-state index contributed by atoms with van der Waals surface area (Å²) in [5, 5.41) is 5.65. The maximum Gasteiger partial charge on any atom is 0.270 e. The summed E-state index contributed by atoms with van der Waals surface area (Å²) < 4.78 is 0. The molecule has 2 aromatic carbocycles. The Balaban J connectivity index is 1.66. The third-order valence-electron chi connectivity index (χ3n) is 4.90. The van der Waals surface area contributed by atoms with Gasteiger partial charge in [0.1, 0.15) is 5.69 Å². The summed E-state index contributed by atoms with van der Waals surface area (Å²) in [6.45, 7) is 0. The molecule has 1 fully saturated rings. The lowest BCUT2D eigenvalue weighted by atomic mass is 9.97. The van der Waals surface area contributed by atoms with Gasteiger partial charge in [-0.3, -0.25) is 9.78 Å². The van der Waals surface area contributed by atoms with Crippen LogP contribution in [-0.2, 0) is 5.54 Å². The lowest BCUT2D eigenvalue weighted by Crippen LogP contribution is -2.35. The van der Waals surface area contributed by atoms with E-state index >= 15 is 0 Å². The number of rotatable bonds is 4. The molecule has 1 aromatic heterocycles. The average molecular weight is 331 g/mol. The molecular weight excluding hydrogens is 310 g/mol. The Morgan fingerprint density at radius 1 is 1.08 bits per heavy atom. The average Bonchev–Trinajstić information content (AvgIpc) is 3.41. The quantitative estimate of drug-likeness (QED) is 0.792. The number of aromatic nitrogens is 1. The predicted octanol–water partition coefficient (Wildman–Crippen LogP) is 3.72. The molecule has 0 unspecified atom stereocenters. The van der Waals surface area contributed by atoms with E-state index in [1.54, 1.807) is 6.20 Å². The van der Waals surface area contributed by atoms with Gasteiger partial charge in [-0.15, -0.1) is 0 Å². The number of nitrogens with zero attached hydrogens (tertiary/aromatic N) is 2. The number of amides is 1. The third-order valence-corrected chi connectivity index (χ3v) is 4.90. The van der Waals surface area contributed by atoms with Gasteiger partial charge in [-0.25, -0.2) is 0 Å². The molecular formula is C21H21N3O. The van der Waals surface area contributed by atoms with Gasteiger partial charge in [0, 0.05) is 26.0 Å². The summed E-state index contributed by atoms with van der Waals surface area (Å²) in [6.07, 6.45) is 3.60. The molecule has 1 N–H and O–H groups in total. The Morgan fingerprint density at radius 2 is 1.84 bits per heavy atom. The monoisotopic (exact) mass is 331 g/mol. The molecule has 0 bridgehead atoms. The zero-order valence-corrected chi connectivity index (χ0v) is 14.5. The van der Waals surface area contributed by atoms with E-state index < -0.39 is 0 Å². The van der Waals surface area contributed by atoms with Crippen molar-refractivity contribution in [3.8, 4) is 0 Å². The summed E-state index contributed by atoms with van der Waals surface area (Å²) >= 11 is 0. The molecule has 0 radical (unpaired) electrons. The highest BCUT2D eigenvalue weighted by atomic mass is 16.2. The number of nitrogens with one attached hydrogen (secondary N) is 1. The summed E-state index contributed by atoms with van der Waals surface area (Å²) in [5.41, 5.74) is 2.35. The van der Waals surface area contributed by atoms with Crippen molar-refractivity contribution in [3.63, 3.8) is 0 Å². The molecule has 4 nitrogen and oxygen atoms in total. The van der Waals surface area contributed by atoms with Crippen molar-refractivity contribution in [2.24, 2.45) is 0 Å². The smallest absolute Gasteiger partial charge is 0.270 e. The number of hydrogen-bond acceptors (Lipinski definition) is 3. The highest BCUT2D eigenvalue weighted by Gasteiger charge is 2.46. The zero-order chi connectivity index (χ0) is 17.4. The summed E-state index contributed by atoms with van der Waals surface area (Å²) in [6, 6.07) is 18.4. The molecule has 126 valence electrons. The molecule has 0 saturated heterocycles. The highest BCUT2D eigenvalue weighted by molar-refractivity contribution is 5.95. The first kappa shape index (κ1) is 15.6. The van der Waals surface area contributed by atoms with Crippen LogP contribution in [-0.4, -0.2) is 25.0 Å². The van der Waals surface area contributed by atoms with Crippen LogP contribution in [0.5, 0.6) is 0 Å². The van der Waals surface area contributed by atoms with Crippen LogP contribution in [0, 0.1) is 0 Å². The highest BCUT2D eigenvalue weighted by Crippen LogP contribution is 2.48.